The number of aryl methyl sites for hydroxylation is 1. The highest BCUT2D eigenvalue weighted by atomic mass is 19.1. The van der Waals surface area contributed by atoms with Crippen molar-refractivity contribution in [3.8, 4) is 23.0 Å². The Morgan fingerprint density at radius 2 is 2.00 bits per heavy atom. The van der Waals surface area contributed by atoms with Gasteiger partial charge in [0.2, 0.25) is 0 Å². The quantitative estimate of drug-likeness (QED) is 0.436. The highest BCUT2D eigenvalue weighted by Crippen LogP contribution is 2.39. The van der Waals surface area contributed by atoms with Gasteiger partial charge in [-0.05, 0) is 60.7 Å². The predicted molar refractivity (Wildman–Crippen MR) is 130 cm³/mol. The fourth-order valence-electron chi connectivity index (χ4n) is 4.97. The molecule has 0 radical (unpaired) electrons. The van der Waals surface area contributed by atoms with Gasteiger partial charge in [-0.25, -0.2) is 8.78 Å². The van der Waals surface area contributed by atoms with E-state index in [1.165, 1.54) is 31.5 Å². The number of aliphatic hydroxyl groups excluding tert-OH is 1. The molecule has 2 N–H and O–H groups in total. The Morgan fingerprint density at radius 1 is 1.20 bits per heavy atom. The Kier molecular flexibility index (Phi) is 5.88. The van der Waals surface area contributed by atoms with Crippen molar-refractivity contribution in [3.05, 3.63) is 47.7 Å². The lowest BCUT2D eigenvalue weighted by molar-refractivity contribution is 0.119. The van der Waals surface area contributed by atoms with E-state index in [0.717, 1.165) is 6.42 Å². The molecule has 2 aromatic heterocycles. The first-order valence-electron chi connectivity index (χ1n) is 11.6. The lowest BCUT2D eigenvalue weighted by atomic mass is 9.94. The van der Waals surface area contributed by atoms with Gasteiger partial charge in [0.1, 0.15) is 28.6 Å². The maximum Gasteiger partial charge on any atom is 0.318 e. The van der Waals surface area contributed by atoms with E-state index >= 15 is 4.39 Å². The molecular formula is C26H26F2N4O3. The van der Waals surface area contributed by atoms with Crippen molar-refractivity contribution in [1.29, 1.82) is 0 Å². The number of hydrogen-bond acceptors (Lipinski definition) is 7. The Balaban J connectivity index is 1.79. The van der Waals surface area contributed by atoms with E-state index in [1.807, 2.05) is 18.7 Å². The third-order valence-electron chi connectivity index (χ3n) is 6.81. The van der Waals surface area contributed by atoms with Crippen molar-refractivity contribution in [2.45, 2.75) is 45.3 Å². The summed E-state index contributed by atoms with van der Waals surface area (Å²) in [5, 5.41) is 22.2. The number of benzene rings is 2. The van der Waals surface area contributed by atoms with Gasteiger partial charge in [-0.1, -0.05) is 13.0 Å². The molecule has 0 amide bonds. The van der Waals surface area contributed by atoms with Crippen LogP contribution in [-0.4, -0.2) is 51.0 Å². The zero-order valence-electron chi connectivity index (χ0n) is 19.7. The van der Waals surface area contributed by atoms with Gasteiger partial charge in [0.05, 0.1) is 24.6 Å². The number of ether oxygens (including phenoxy) is 1. The molecule has 0 aliphatic carbocycles. The van der Waals surface area contributed by atoms with Crippen molar-refractivity contribution in [3.63, 3.8) is 0 Å². The maximum atomic E-state index is 16.1. The third kappa shape index (κ3) is 3.80. The summed E-state index contributed by atoms with van der Waals surface area (Å²) in [6.45, 7) is 4.34. The van der Waals surface area contributed by atoms with Crippen molar-refractivity contribution in [1.82, 2.24) is 15.0 Å². The lowest BCUT2D eigenvalue weighted by Crippen LogP contribution is -2.47. The molecule has 2 unspecified atom stereocenters. The molecule has 1 aliphatic rings. The van der Waals surface area contributed by atoms with E-state index in [1.54, 1.807) is 6.07 Å². The SMILES string of the molecule is CCc1c(F)ccc2cc(O)cc(-c3ncc4c(N5CCCC(O)C5C)nc(OC)nc4c3F)c12. The molecule has 2 aromatic carbocycles. The van der Waals surface area contributed by atoms with Gasteiger partial charge in [-0.3, -0.25) is 4.98 Å². The molecule has 0 saturated carbocycles. The molecule has 35 heavy (non-hydrogen) atoms. The van der Waals surface area contributed by atoms with Crippen molar-refractivity contribution >= 4 is 27.5 Å². The topological polar surface area (TPSA) is 91.6 Å². The van der Waals surface area contributed by atoms with E-state index in [9.17, 15) is 14.6 Å². The molecule has 1 saturated heterocycles. The van der Waals surface area contributed by atoms with Crippen LogP contribution in [0, 0.1) is 11.6 Å². The second-order valence-electron chi connectivity index (χ2n) is 8.83. The van der Waals surface area contributed by atoms with Crippen LogP contribution < -0.4 is 9.64 Å². The molecule has 4 aromatic rings. The van der Waals surface area contributed by atoms with Gasteiger partial charge in [-0.15, -0.1) is 0 Å². The highest BCUT2D eigenvalue weighted by molar-refractivity contribution is 6.01. The molecular weight excluding hydrogens is 454 g/mol. The monoisotopic (exact) mass is 480 g/mol. The zero-order chi connectivity index (χ0) is 24.9. The molecule has 5 rings (SSSR count). The highest BCUT2D eigenvalue weighted by Gasteiger charge is 2.30. The summed E-state index contributed by atoms with van der Waals surface area (Å²) in [4.78, 5) is 15.0. The van der Waals surface area contributed by atoms with Gasteiger partial charge in [0.25, 0.3) is 0 Å². The van der Waals surface area contributed by atoms with Crippen LogP contribution in [0.4, 0.5) is 14.6 Å². The van der Waals surface area contributed by atoms with Crippen molar-refractivity contribution in [2.24, 2.45) is 0 Å². The van der Waals surface area contributed by atoms with Crippen LogP contribution in [0.3, 0.4) is 0 Å². The van der Waals surface area contributed by atoms with E-state index in [-0.39, 0.29) is 34.6 Å². The Morgan fingerprint density at radius 3 is 2.74 bits per heavy atom. The predicted octanol–water partition coefficient (Wildman–Crippen LogP) is 4.75. The molecule has 3 heterocycles. The Hall–Kier alpha value is -3.59. The van der Waals surface area contributed by atoms with Crippen LogP contribution in [-0.2, 0) is 6.42 Å². The molecule has 1 aliphatic heterocycles. The number of phenolic OH excluding ortho intramolecular Hbond substituents is 1. The smallest absolute Gasteiger partial charge is 0.318 e. The number of piperidine rings is 1. The van der Waals surface area contributed by atoms with Gasteiger partial charge in [-0.2, -0.15) is 9.97 Å². The van der Waals surface area contributed by atoms with Crippen LogP contribution in [0.25, 0.3) is 32.9 Å². The van der Waals surface area contributed by atoms with Crippen LogP contribution in [0.2, 0.25) is 0 Å². The Labute approximate surface area is 201 Å². The van der Waals surface area contributed by atoms with Gasteiger partial charge < -0.3 is 19.8 Å². The molecule has 182 valence electrons. The largest absolute Gasteiger partial charge is 0.508 e. The summed E-state index contributed by atoms with van der Waals surface area (Å²) in [5.74, 6) is -0.790. The summed E-state index contributed by atoms with van der Waals surface area (Å²) in [6.07, 6.45) is 2.75. The number of hydrogen-bond donors (Lipinski definition) is 2. The molecule has 7 nitrogen and oxygen atoms in total. The fraction of sp³-hybridized carbons (Fsp3) is 0.346. The van der Waals surface area contributed by atoms with E-state index in [4.69, 9.17) is 4.74 Å². The Bertz CT molecular complexity index is 1450. The van der Waals surface area contributed by atoms with Gasteiger partial charge in [0, 0.05) is 18.3 Å². The van der Waals surface area contributed by atoms with E-state index in [2.05, 4.69) is 15.0 Å². The minimum Gasteiger partial charge on any atom is -0.508 e. The van der Waals surface area contributed by atoms with E-state index < -0.39 is 17.7 Å². The van der Waals surface area contributed by atoms with E-state index in [0.29, 0.717) is 46.9 Å². The number of nitrogens with zero attached hydrogens (tertiary/aromatic N) is 4. The summed E-state index contributed by atoms with van der Waals surface area (Å²) in [5.41, 5.74) is 0.625. The molecule has 1 fully saturated rings. The van der Waals surface area contributed by atoms with Crippen LogP contribution in [0.15, 0.2) is 30.5 Å². The lowest BCUT2D eigenvalue weighted by Gasteiger charge is -2.38. The summed E-state index contributed by atoms with van der Waals surface area (Å²) >= 11 is 0. The number of aliphatic hydroxyl groups is 1. The first-order chi connectivity index (χ1) is 16.8. The number of pyridine rings is 1. The normalized spacial score (nSPS) is 18.4. The summed E-state index contributed by atoms with van der Waals surface area (Å²) in [7, 11) is 1.40. The fourth-order valence-corrected chi connectivity index (χ4v) is 4.97. The molecule has 0 bridgehead atoms. The second-order valence-corrected chi connectivity index (χ2v) is 8.83. The number of anilines is 1. The number of halogens is 2. The number of aromatic nitrogens is 3. The van der Waals surface area contributed by atoms with Gasteiger partial charge >= 0.3 is 6.01 Å². The molecule has 9 heteroatoms. The zero-order valence-corrected chi connectivity index (χ0v) is 19.7. The number of fused-ring (bicyclic) bond motifs is 2. The summed E-state index contributed by atoms with van der Waals surface area (Å²) < 4.78 is 36.1. The van der Waals surface area contributed by atoms with Crippen molar-refractivity contribution in [2.75, 3.05) is 18.6 Å². The standard InChI is InChI=1S/C26H26F2N4O3/c1-4-16-19(27)8-7-14-10-15(33)11-17(21(14)16)23-22(28)24-18(12-29-23)25(31-26(30-24)35-3)32-9-5-6-20(34)13(32)2/h7-8,10-13,20,33-34H,4-6,9H2,1-3H3. The molecule has 0 spiro atoms. The minimum atomic E-state index is -0.729. The maximum absolute atomic E-state index is 16.1. The minimum absolute atomic E-state index is 0.00458. The van der Waals surface area contributed by atoms with Crippen LogP contribution in [0.5, 0.6) is 11.8 Å². The second kappa shape index (κ2) is 8.88. The van der Waals surface area contributed by atoms with Crippen molar-refractivity contribution < 1.29 is 23.7 Å². The van der Waals surface area contributed by atoms with Crippen LogP contribution in [0.1, 0.15) is 32.3 Å². The van der Waals surface area contributed by atoms with Gasteiger partial charge in [0.15, 0.2) is 5.82 Å². The first-order valence-corrected chi connectivity index (χ1v) is 11.6. The number of aromatic hydroxyl groups is 1. The number of rotatable bonds is 4. The first kappa shape index (κ1) is 23.2. The average Bonchev–Trinajstić information content (AvgIpc) is 2.85. The third-order valence-corrected chi connectivity index (χ3v) is 6.81. The molecule has 2 atom stereocenters. The number of phenols is 1. The summed E-state index contributed by atoms with van der Waals surface area (Å²) in [6, 6.07) is 5.55. The average molecular weight is 481 g/mol. The number of methoxy groups -OCH3 is 1. The van der Waals surface area contributed by atoms with Crippen LogP contribution >= 0.6 is 0 Å².